The third-order valence-corrected chi connectivity index (χ3v) is 4.82. The minimum atomic E-state index is 0.367. The summed E-state index contributed by atoms with van der Waals surface area (Å²) in [6, 6.07) is 13.5. The van der Waals surface area contributed by atoms with Crippen molar-refractivity contribution in [3.63, 3.8) is 0 Å². The molecule has 1 aliphatic heterocycles. The van der Waals surface area contributed by atoms with Crippen molar-refractivity contribution in [2.45, 2.75) is 10.8 Å². The van der Waals surface area contributed by atoms with Gasteiger partial charge in [-0.2, -0.15) is 0 Å². The van der Waals surface area contributed by atoms with E-state index in [-0.39, 0.29) is 0 Å². The quantitative estimate of drug-likeness (QED) is 0.782. The Labute approximate surface area is 127 Å². The highest BCUT2D eigenvalue weighted by atomic mass is 35.5. The zero-order valence-electron chi connectivity index (χ0n) is 10.7. The highest BCUT2D eigenvalue weighted by molar-refractivity contribution is 7.99. The smallest absolute Gasteiger partial charge is 0.153 e. The molecule has 1 unspecified atom stereocenters. The van der Waals surface area contributed by atoms with Crippen LogP contribution in [0.4, 0.5) is 0 Å². The summed E-state index contributed by atoms with van der Waals surface area (Å²) in [7, 11) is 0. The van der Waals surface area contributed by atoms with E-state index in [1.807, 2.05) is 11.8 Å². The minimum absolute atomic E-state index is 0.367. The number of halogens is 1. The van der Waals surface area contributed by atoms with Crippen LogP contribution in [0.5, 0.6) is 5.75 Å². The molecule has 0 saturated carbocycles. The van der Waals surface area contributed by atoms with Gasteiger partial charge in [0.05, 0.1) is 12.2 Å². The Bertz CT molecular complexity index is 642. The fourth-order valence-electron chi connectivity index (χ4n) is 2.30. The lowest BCUT2D eigenvalue weighted by atomic mass is 10.0. The maximum atomic E-state index is 11.0. The molecule has 0 aliphatic carbocycles. The Hall–Kier alpha value is -1.45. The Morgan fingerprint density at radius 3 is 3.00 bits per heavy atom. The summed E-state index contributed by atoms with van der Waals surface area (Å²) >= 11 is 7.72. The molecule has 20 heavy (non-hydrogen) atoms. The third-order valence-electron chi connectivity index (χ3n) is 3.34. The maximum Gasteiger partial charge on any atom is 0.153 e. The Morgan fingerprint density at radius 2 is 2.15 bits per heavy atom. The molecule has 4 heteroatoms. The molecule has 0 radical (unpaired) electrons. The van der Waals surface area contributed by atoms with E-state index in [9.17, 15) is 4.79 Å². The molecule has 102 valence electrons. The van der Waals surface area contributed by atoms with Crippen molar-refractivity contribution in [1.82, 2.24) is 0 Å². The second-order valence-electron chi connectivity index (χ2n) is 4.66. The molecule has 1 heterocycles. The highest BCUT2D eigenvalue weighted by Crippen LogP contribution is 2.39. The molecule has 0 aromatic heterocycles. The molecule has 0 bridgehead atoms. The largest absolute Gasteiger partial charge is 0.492 e. The predicted molar refractivity (Wildman–Crippen MR) is 82.2 cm³/mol. The van der Waals surface area contributed by atoms with Crippen LogP contribution < -0.4 is 4.74 Å². The first-order valence-corrected chi connectivity index (χ1v) is 7.73. The van der Waals surface area contributed by atoms with E-state index in [0.29, 0.717) is 28.9 Å². The van der Waals surface area contributed by atoms with Crippen LogP contribution in [0.25, 0.3) is 0 Å². The molecule has 2 aromatic carbocycles. The van der Waals surface area contributed by atoms with Crippen molar-refractivity contribution >= 4 is 29.6 Å². The molecular weight excluding hydrogens is 292 g/mol. The van der Waals surface area contributed by atoms with E-state index in [1.165, 1.54) is 10.5 Å². The first-order chi connectivity index (χ1) is 9.78. The van der Waals surface area contributed by atoms with E-state index < -0.39 is 0 Å². The van der Waals surface area contributed by atoms with Gasteiger partial charge in [0.2, 0.25) is 0 Å². The van der Waals surface area contributed by atoms with Gasteiger partial charge in [-0.1, -0.05) is 29.8 Å². The van der Waals surface area contributed by atoms with Gasteiger partial charge >= 0.3 is 0 Å². The number of carbonyl (C=O) groups is 1. The number of hydrogen-bond acceptors (Lipinski definition) is 3. The first-order valence-electron chi connectivity index (χ1n) is 6.37. The lowest BCUT2D eigenvalue weighted by molar-refractivity contribution is 0.111. The van der Waals surface area contributed by atoms with Gasteiger partial charge in [0.1, 0.15) is 5.75 Å². The predicted octanol–water partition coefficient (Wildman–Crippen LogP) is 4.42. The minimum Gasteiger partial charge on any atom is -0.492 e. The fourth-order valence-corrected chi connectivity index (χ4v) is 3.71. The Balaban J connectivity index is 1.74. The second-order valence-corrected chi connectivity index (χ2v) is 6.16. The monoisotopic (exact) mass is 304 g/mol. The SMILES string of the molecule is O=Cc1cc(Cl)ccc1OCC1CSc2ccccc21. The van der Waals surface area contributed by atoms with Gasteiger partial charge in [0.25, 0.3) is 0 Å². The Morgan fingerprint density at radius 1 is 1.30 bits per heavy atom. The van der Waals surface area contributed by atoms with Gasteiger partial charge in [0.15, 0.2) is 6.29 Å². The second kappa shape index (κ2) is 5.90. The van der Waals surface area contributed by atoms with E-state index in [4.69, 9.17) is 16.3 Å². The van der Waals surface area contributed by atoms with Crippen LogP contribution in [0.3, 0.4) is 0 Å². The average molecular weight is 305 g/mol. The summed E-state index contributed by atoms with van der Waals surface area (Å²) in [5, 5.41) is 0.543. The van der Waals surface area contributed by atoms with Crippen LogP contribution in [0, 0.1) is 0 Å². The summed E-state index contributed by atoms with van der Waals surface area (Å²) in [4.78, 5) is 12.4. The number of fused-ring (bicyclic) bond motifs is 1. The van der Waals surface area contributed by atoms with Crippen LogP contribution >= 0.6 is 23.4 Å². The molecule has 0 amide bonds. The van der Waals surface area contributed by atoms with Crippen molar-refractivity contribution in [3.05, 3.63) is 58.6 Å². The van der Waals surface area contributed by atoms with Crippen molar-refractivity contribution in [3.8, 4) is 5.75 Å². The number of benzene rings is 2. The normalized spacial score (nSPS) is 16.8. The van der Waals surface area contributed by atoms with Crippen LogP contribution in [-0.2, 0) is 0 Å². The van der Waals surface area contributed by atoms with Crippen molar-refractivity contribution in [2.24, 2.45) is 0 Å². The van der Waals surface area contributed by atoms with Gasteiger partial charge in [-0.3, -0.25) is 4.79 Å². The van der Waals surface area contributed by atoms with Gasteiger partial charge in [-0.05, 0) is 29.8 Å². The number of thioether (sulfide) groups is 1. The average Bonchev–Trinajstić information content (AvgIpc) is 2.89. The van der Waals surface area contributed by atoms with Crippen molar-refractivity contribution in [2.75, 3.05) is 12.4 Å². The number of carbonyl (C=O) groups excluding carboxylic acids is 1. The van der Waals surface area contributed by atoms with E-state index >= 15 is 0 Å². The highest BCUT2D eigenvalue weighted by Gasteiger charge is 2.23. The zero-order chi connectivity index (χ0) is 13.9. The lowest BCUT2D eigenvalue weighted by Gasteiger charge is -2.14. The van der Waals surface area contributed by atoms with Crippen molar-refractivity contribution in [1.29, 1.82) is 0 Å². The van der Waals surface area contributed by atoms with Crippen LogP contribution in [0.1, 0.15) is 21.8 Å². The lowest BCUT2D eigenvalue weighted by Crippen LogP contribution is -2.10. The standard InChI is InChI=1S/C16H13ClO2S/c17-13-5-6-15(11(7-13)8-18)19-9-12-10-20-16-4-2-1-3-14(12)16/h1-8,12H,9-10H2. The van der Waals surface area contributed by atoms with Crippen LogP contribution in [0.15, 0.2) is 47.4 Å². The van der Waals surface area contributed by atoms with Crippen LogP contribution in [0.2, 0.25) is 5.02 Å². The van der Waals surface area contributed by atoms with Crippen LogP contribution in [-0.4, -0.2) is 18.6 Å². The summed E-state index contributed by atoms with van der Waals surface area (Å²) < 4.78 is 5.82. The third kappa shape index (κ3) is 2.69. The Kier molecular flexibility index (Phi) is 3.99. The first kappa shape index (κ1) is 13.5. The number of ether oxygens (including phenoxy) is 1. The van der Waals surface area contributed by atoms with Crippen molar-refractivity contribution < 1.29 is 9.53 Å². The molecule has 2 nitrogen and oxygen atoms in total. The number of aldehydes is 1. The molecule has 1 atom stereocenters. The summed E-state index contributed by atoms with van der Waals surface area (Å²) in [6.45, 7) is 0.576. The molecule has 3 rings (SSSR count). The number of rotatable bonds is 4. The molecule has 1 aliphatic rings. The molecular formula is C16H13ClO2S. The molecule has 2 aromatic rings. The summed E-state index contributed by atoms with van der Waals surface area (Å²) in [5.74, 6) is 1.98. The molecule has 0 N–H and O–H groups in total. The number of hydrogen-bond donors (Lipinski definition) is 0. The topological polar surface area (TPSA) is 26.3 Å². The molecule has 0 spiro atoms. The van der Waals surface area contributed by atoms with E-state index in [1.54, 1.807) is 18.2 Å². The summed E-state index contributed by atoms with van der Waals surface area (Å²) in [6.07, 6.45) is 0.776. The van der Waals surface area contributed by atoms with Gasteiger partial charge in [0, 0.05) is 21.6 Å². The van der Waals surface area contributed by atoms with Gasteiger partial charge < -0.3 is 4.74 Å². The van der Waals surface area contributed by atoms with E-state index in [0.717, 1.165) is 12.0 Å². The molecule has 0 fully saturated rings. The van der Waals surface area contributed by atoms with E-state index in [2.05, 4.69) is 24.3 Å². The maximum absolute atomic E-state index is 11.0. The van der Waals surface area contributed by atoms with Gasteiger partial charge in [-0.15, -0.1) is 11.8 Å². The fraction of sp³-hybridized carbons (Fsp3) is 0.188. The zero-order valence-corrected chi connectivity index (χ0v) is 12.3. The van der Waals surface area contributed by atoms with Gasteiger partial charge in [-0.25, -0.2) is 0 Å². The summed E-state index contributed by atoms with van der Waals surface area (Å²) in [5.41, 5.74) is 1.83. The molecule has 0 saturated heterocycles.